The number of benzene rings is 2. The van der Waals surface area contributed by atoms with Crippen LogP contribution in [0.5, 0.6) is 0 Å². The Bertz CT molecular complexity index is 883. The average Bonchev–Trinajstić information content (AvgIpc) is 2.86. The summed E-state index contributed by atoms with van der Waals surface area (Å²) in [7, 11) is 0. The number of hydrogen-bond donors (Lipinski definition) is 1. The van der Waals surface area contributed by atoms with Gasteiger partial charge in [0, 0.05) is 5.02 Å². The van der Waals surface area contributed by atoms with Crippen molar-refractivity contribution < 1.29 is 13.2 Å². The molecule has 3 nitrogen and oxygen atoms in total. The van der Waals surface area contributed by atoms with Crippen LogP contribution in [-0.2, 0) is 6.18 Å². The molecule has 0 atom stereocenters. The first kappa shape index (κ1) is 16.4. The van der Waals surface area contributed by atoms with Crippen molar-refractivity contribution in [1.29, 1.82) is 0 Å². The predicted octanol–water partition coefficient (Wildman–Crippen LogP) is 5.10. The molecule has 0 saturated heterocycles. The van der Waals surface area contributed by atoms with Gasteiger partial charge in [-0.2, -0.15) is 18.3 Å². The van der Waals surface area contributed by atoms with Crippen LogP contribution in [0.15, 0.2) is 48.5 Å². The van der Waals surface area contributed by atoms with Crippen molar-refractivity contribution in [2.24, 2.45) is 0 Å². The van der Waals surface area contributed by atoms with Gasteiger partial charge in [-0.25, -0.2) is 4.68 Å². The van der Waals surface area contributed by atoms with Gasteiger partial charge in [-0.3, -0.25) is 0 Å². The number of nitrogens with two attached hydrogens (primary N) is 1. The van der Waals surface area contributed by atoms with Crippen LogP contribution in [0.25, 0.3) is 16.8 Å². The quantitative estimate of drug-likeness (QED) is 0.697. The van der Waals surface area contributed by atoms with Crippen molar-refractivity contribution >= 4 is 17.4 Å². The van der Waals surface area contributed by atoms with Gasteiger partial charge in [0.25, 0.3) is 0 Å². The van der Waals surface area contributed by atoms with Gasteiger partial charge in [0.05, 0.1) is 11.3 Å². The van der Waals surface area contributed by atoms with Crippen LogP contribution in [0, 0.1) is 6.92 Å². The number of anilines is 1. The van der Waals surface area contributed by atoms with E-state index in [0.717, 1.165) is 10.2 Å². The maximum absolute atomic E-state index is 13.5. The molecule has 7 heteroatoms. The highest BCUT2D eigenvalue weighted by atomic mass is 35.5. The van der Waals surface area contributed by atoms with E-state index in [-0.39, 0.29) is 11.4 Å². The molecule has 2 aromatic carbocycles. The first-order chi connectivity index (χ1) is 11.3. The summed E-state index contributed by atoms with van der Waals surface area (Å²) in [6, 6.07) is 13.0. The van der Waals surface area contributed by atoms with Gasteiger partial charge in [-0.1, -0.05) is 41.4 Å². The van der Waals surface area contributed by atoms with E-state index in [1.54, 1.807) is 55.5 Å². The Labute approximate surface area is 141 Å². The van der Waals surface area contributed by atoms with Gasteiger partial charge in [0.1, 0.15) is 5.82 Å². The number of nitrogens with zero attached hydrogens (tertiary/aromatic N) is 2. The lowest BCUT2D eigenvalue weighted by molar-refractivity contribution is -0.140. The number of alkyl halides is 3. The van der Waals surface area contributed by atoms with Crippen LogP contribution in [0.4, 0.5) is 19.0 Å². The lowest BCUT2D eigenvalue weighted by atomic mass is 10.0. The second-order valence-electron chi connectivity index (χ2n) is 5.36. The van der Waals surface area contributed by atoms with Gasteiger partial charge < -0.3 is 5.73 Å². The first-order valence-electron chi connectivity index (χ1n) is 7.06. The Morgan fingerprint density at radius 2 is 1.75 bits per heavy atom. The van der Waals surface area contributed by atoms with Crippen LogP contribution in [0.3, 0.4) is 0 Å². The van der Waals surface area contributed by atoms with Gasteiger partial charge in [-0.05, 0) is 36.8 Å². The summed E-state index contributed by atoms with van der Waals surface area (Å²) >= 11 is 5.82. The van der Waals surface area contributed by atoms with Gasteiger partial charge in [0.15, 0.2) is 5.69 Å². The van der Waals surface area contributed by atoms with Crippen molar-refractivity contribution in [3.05, 3.63) is 64.8 Å². The Morgan fingerprint density at radius 3 is 2.33 bits per heavy atom. The lowest BCUT2D eigenvalue weighted by Gasteiger charge is -2.08. The summed E-state index contributed by atoms with van der Waals surface area (Å²) in [5, 5.41) is 4.18. The normalized spacial score (nSPS) is 11.7. The van der Waals surface area contributed by atoms with Gasteiger partial charge in [-0.15, -0.1) is 0 Å². The second kappa shape index (κ2) is 5.87. The van der Waals surface area contributed by atoms with Crippen LogP contribution in [0.1, 0.15) is 11.3 Å². The predicted molar refractivity (Wildman–Crippen MR) is 88.2 cm³/mol. The maximum Gasteiger partial charge on any atom is 0.435 e. The third-order valence-corrected chi connectivity index (χ3v) is 3.82. The summed E-state index contributed by atoms with van der Waals surface area (Å²) in [5.41, 5.74) is 6.49. The Morgan fingerprint density at radius 1 is 1.08 bits per heavy atom. The van der Waals surface area contributed by atoms with E-state index in [2.05, 4.69) is 5.10 Å². The zero-order valence-electron chi connectivity index (χ0n) is 12.6. The second-order valence-corrected chi connectivity index (χ2v) is 5.80. The zero-order chi connectivity index (χ0) is 17.5. The van der Waals surface area contributed by atoms with Crippen molar-refractivity contribution in [3.8, 4) is 16.8 Å². The molecule has 2 N–H and O–H groups in total. The number of halogens is 4. The summed E-state index contributed by atoms with van der Waals surface area (Å²) in [6.45, 7) is 1.80. The number of aromatic nitrogens is 2. The number of aryl methyl sites for hydroxylation is 1. The fraction of sp³-hybridized carbons (Fsp3) is 0.118. The minimum Gasteiger partial charge on any atom is -0.383 e. The molecule has 124 valence electrons. The molecular weight excluding hydrogens is 339 g/mol. The molecule has 0 amide bonds. The molecule has 0 aliphatic heterocycles. The van der Waals surface area contributed by atoms with E-state index < -0.39 is 11.9 Å². The van der Waals surface area contributed by atoms with Crippen LogP contribution in [0.2, 0.25) is 5.02 Å². The highest BCUT2D eigenvalue weighted by Gasteiger charge is 2.39. The largest absolute Gasteiger partial charge is 0.435 e. The first-order valence-corrected chi connectivity index (χ1v) is 7.44. The summed E-state index contributed by atoms with van der Waals surface area (Å²) in [6.07, 6.45) is -4.62. The molecule has 0 radical (unpaired) electrons. The van der Waals surface area contributed by atoms with E-state index in [1.165, 1.54) is 0 Å². The Hall–Kier alpha value is -2.47. The smallest absolute Gasteiger partial charge is 0.383 e. The third-order valence-electron chi connectivity index (χ3n) is 3.57. The molecular formula is C17H13ClF3N3. The summed E-state index contributed by atoms with van der Waals surface area (Å²) in [4.78, 5) is 0. The van der Waals surface area contributed by atoms with Crippen molar-refractivity contribution in [2.45, 2.75) is 13.1 Å². The maximum atomic E-state index is 13.5. The SMILES string of the molecule is Cc1cccc(-c2c(C(F)(F)F)nn(-c3ccc(Cl)cc3)c2N)c1. The molecule has 1 aromatic heterocycles. The molecule has 3 aromatic rings. The monoisotopic (exact) mass is 351 g/mol. The van der Waals surface area contributed by atoms with Crippen LogP contribution >= 0.6 is 11.6 Å². The molecule has 0 unspecified atom stereocenters. The van der Waals surface area contributed by atoms with E-state index in [4.69, 9.17) is 17.3 Å². The van der Waals surface area contributed by atoms with Crippen molar-refractivity contribution in [2.75, 3.05) is 5.73 Å². The van der Waals surface area contributed by atoms with E-state index in [9.17, 15) is 13.2 Å². The fourth-order valence-electron chi connectivity index (χ4n) is 2.49. The minimum absolute atomic E-state index is 0.0738. The standard InChI is InChI=1S/C17H13ClF3N3/c1-10-3-2-4-11(9-10)14-15(17(19,20)21)23-24(16(14)22)13-7-5-12(18)6-8-13/h2-9H,22H2,1H3. The molecule has 24 heavy (non-hydrogen) atoms. The molecule has 3 rings (SSSR count). The van der Waals surface area contributed by atoms with Gasteiger partial charge in [0.2, 0.25) is 0 Å². The third kappa shape index (κ3) is 2.97. The summed E-state index contributed by atoms with van der Waals surface area (Å²) in [5.74, 6) is -0.0738. The average molecular weight is 352 g/mol. The van der Waals surface area contributed by atoms with Gasteiger partial charge >= 0.3 is 6.18 Å². The Kier molecular flexibility index (Phi) is 4.01. The zero-order valence-corrected chi connectivity index (χ0v) is 13.4. The van der Waals surface area contributed by atoms with E-state index in [0.29, 0.717) is 16.3 Å². The minimum atomic E-state index is -4.62. The molecule has 0 fully saturated rings. The lowest BCUT2D eigenvalue weighted by Crippen LogP contribution is -2.08. The highest BCUT2D eigenvalue weighted by molar-refractivity contribution is 6.30. The number of hydrogen-bond acceptors (Lipinski definition) is 2. The molecule has 0 aliphatic carbocycles. The van der Waals surface area contributed by atoms with E-state index in [1.807, 2.05) is 0 Å². The molecule has 0 saturated carbocycles. The fourth-order valence-corrected chi connectivity index (χ4v) is 2.62. The highest BCUT2D eigenvalue weighted by Crippen LogP contribution is 2.40. The number of nitrogen functional groups attached to an aromatic ring is 1. The number of rotatable bonds is 2. The Balaban J connectivity index is 2.26. The molecule has 1 heterocycles. The van der Waals surface area contributed by atoms with Crippen LogP contribution < -0.4 is 5.73 Å². The molecule has 0 aliphatic rings. The summed E-state index contributed by atoms with van der Waals surface area (Å²) < 4.78 is 41.4. The van der Waals surface area contributed by atoms with Crippen molar-refractivity contribution in [3.63, 3.8) is 0 Å². The molecule has 0 bridgehead atoms. The topological polar surface area (TPSA) is 43.8 Å². The van der Waals surface area contributed by atoms with Crippen molar-refractivity contribution in [1.82, 2.24) is 9.78 Å². The van der Waals surface area contributed by atoms with Crippen LogP contribution in [-0.4, -0.2) is 9.78 Å². The molecule has 0 spiro atoms. The van der Waals surface area contributed by atoms with E-state index >= 15 is 0 Å².